The van der Waals surface area contributed by atoms with E-state index in [2.05, 4.69) is 41.2 Å². The molecule has 2 aromatic heterocycles. The van der Waals surface area contributed by atoms with Crippen molar-refractivity contribution < 1.29 is 59.1 Å². The second kappa shape index (κ2) is 28.8. The second-order valence-corrected chi connectivity index (χ2v) is 17.2. The number of nitrogens with two attached hydrogens (primary N) is 1. The topological polar surface area (TPSA) is 422 Å². The zero-order valence-corrected chi connectivity index (χ0v) is 42.6. The van der Waals surface area contributed by atoms with E-state index in [1.807, 2.05) is 0 Å². The molecule has 1 saturated heterocycles. The number of aromatic nitrogens is 4. The van der Waals surface area contributed by atoms with Crippen molar-refractivity contribution in [1.29, 1.82) is 0 Å². The zero-order chi connectivity index (χ0) is 53.2. The number of anilines is 3. The summed E-state index contributed by atoms with van der Waals surface area (Å²) in [6.07, 6.45) is 1.46. The minimum absolute atomic E-state index is 0. The van der Waals surface area contributed by atoms with Crippen LogP contribution in [0.3, 0.4) is 0 Å². The van der Waals surface area contributed by atoms with Crippen LogP contribution < -0.4 is 58.7 Å². The molecule has 394 valence electrons. The number of aromatic amines is 1. The fourth-order valence-electron chi connectivity index (χ4n) is 8.07. The average Bonchev–Trinajstić information content (AvgIpc) is 3.33. The minimum Gasteiger partial charge on any atom is -0.549 e. The Morgan fingerprint density at radius 3 is 1.86 bits per heavy atom. The van der Waals surface area contributed by atoms with Gasteiger partial charge in [0.15, 0.2) is 11.2 Å². The van der Waals surface area contributed by atoms with Crippen LogP contribution in [0.1, 0.15) is 53.7 Å². The maximum absolute atomic E-state index is 12.9. The first-order valence-electron chi connectivity index (χ1n) is 23.2. The quantitative estimate of drug-likeness (QED) is 0.0165. The number of benzene rings is 1. The van der Waals surface area contributed by atoms with Gasteiger partial charge in [-0.15, -0.1) is 0 Å². The van der Waals surface area contributed by atoms with Crippen LogP contribution in [0.5, 0.6) is 0 Å². The fraction of sp³-hybridized carbons (Fsp3) is 0.489. The molecular formula is C45H56GaN13O15. The van der Waals surface area contributed by atoms with Crippen LogP contribution >= 0.6 is 0 Å². The minimum atomic E-state index is -1.41. The van der Waals surface area contributed by atoms with Crippen molar-refractivity contribution >= 4 is 89.9 Å². The molecule has 29 heteroatoms. The molecule has 4 aromatic rings. The Kier molecular flexibility index (Phi) is 23.1. The molecule has 2 atom stereocenters. The number of nitrogen functional groups attached to an aromatic ring is 1. The summed E-state index contributed by atoms with van der Waals surface area (Å²) in [4.78, 5) is 142. The molecule has 3 heterocycles. The molecule has 2 amide bonds. The van der Waals surface area contributed by atoms with E-state index in [-0.39, 0.29) is 164 Å². The standard InChI is InChI=1S/C45H59N13O15.Ga/c46-45-53-40-37(42(69)54-45)51-28(22-50-40)21-49-27-7-5-26(6-8-27)41(68)52-30(43(70)71)9-10-32(59)47-11-1-3-29-36(39(67)38(29)66)48-12-2-4-31(44(72)73)58-19-17-56(24-34(62)63)15-13-55(23-33(60)61)14-16-57(18-20-58)25-35(64)65;/h5-8,22,30-31,48-49H,1-4,9-21,23-25H2,(H,47,59)(H,52,68)(H,60,61)(H,62,63)(H,64,65)(H,70,71)(H,72,73)(H3,46,50,53,54,69);/q;+3/p-3/t30-,31?;/m0./s1. The maximum atomic E-state index is 12.9. The number of amides is 2. The van der Waals surface area contributed by atoms with Gasteiger partial charge in [0, 0.05) is 108 Å². The molecule has 1 aliphatic rings. The normalized spacial score (nSPS) is 15.1. The van der Waals surface area contributed by atoms with Gasteiger partial charge in [-0.05, 0) is 56.4 Å². The number of H-pyrrole nitrogens is 1. The van der Waals surface area contributed by atoms with E-state index < -0.39 is 89.8 Å². The number of nitrogens with one attached hydrogen (secondary N) is 5. The Labute approximate surface area is 434 Å². The number of hydrogen-bond donors (Lipinski definition) is 8. The number of nitrogens with zero attached hydrogens (tertiary/aromatic N) is 7. The third-order valence-corrected chi connectivity index (χ3v) is 11.9. The number of carboxylic acid groups (broad SMARTS) is 5. The van der Waals surface area contributed by atoms with Crippen LogP contribution in [-0.4, -0.2) is 208 Å². The van der Waals surface area contributed by atoms with Gasteiger partial charge in [-0.25, -0.2) is 14.8 Å². The van der Waals surface area contributed by atoms with Gasteiger partial charge in [-0.2, -0.15) is 4.98 Å². The second-order valence-electron chi connectivity index (χ2n) is 17.2. The molecule has 74 heavy (non-hydrogen) atoms. The average molecular weight is 1090 g/mol. The SMILES string of the molecule is Nc1nc2ncc(CNc3ccc(C(=O)N[C@@H](CCC(=O)NCCCc4c(NCCCC(C(=O)O)N5CCN(CC(=O)[O-])CCN(CC(=O)[O-])CCN(CC(=O)[O-])CC5)c(=O)c4=O)C(=O)O)cc3)nc2c(=O)[nH]1.[Ga+3]. The number of fused-ring (bicyclic) bond motifs is 1. The van der Waals surface area contributed by atoms with Crippen LogP contribution in [0, 0.1) is 0 Å². The van der Waals surface area contributed by atoms with Gasteiger partial charge < -0.3 is 66.9 Å². The van der Waals surface area contributed by atoms with Gasteiger partial charge >= 0.3 is 31.7 Å². The van der Waals surface area contributed by atoms with Crippen molar-refractivity contribution in [3.63, 3.8) is 0 Å². The number of carboxylic acids is 5. The predicted molar refractivity (Wildman–Crippen MR) is 258 cm³/mol. The van der Waals surface area contributed by atoms with E-state index in [1.165, 1.54) is 33.0 Å². The van der Waals surface area contributed by atoms with Crippen molar-refractivity contribution in [2.45, 2.75) is 57.2 Å². The van der Waals surface area contributed by atoms with E-state index in [1.54, 1.807) is 17.0 Å². The molecule has 5 rings (SSSR count). The molecule has 1 fully saturated rings. The Hall–Kier alpha value is -7.31. The van der Waals surface area contributed by atoms with E-state index >= 15 is 0 Å². The molecule has 1 aliphatic heterocycles. The summed E-state index contributed by atoms with van der Waals surface area (Å²) in [5.74, 6) is -8.05. The van der Waals surface area contributed by atoms with Crippen molar-refractivity contribution in [3.8, 4) is 0 Å². The number of carbonyl (C=O) groups excluding carboxylic acids is 5. The van der Waals surface area contributed by atoms with Crippen LogP contribution in [-0.2, 0) is 41.7 Å². The first-order chi connectivity index (χ1) is 34.8. The Morgan fingerprint density at radius 1 is 0.730 bits per heavy atom. The molecule has 1 unspecified atom stereocenters. The largest absolute Gasteiger partial charge is 3.00 e. The molecule has 0 saturated carbocycles. The Bertz CT molecular complexity index is 2720. The Morgan fingerprint density at radius 2 is 1.31 bits per heavy atom. The number of rotatable bonds is 26. The number of hydrogen-bond acceptors (Lipinski definition) is 23. The first kappa shape index (κ1) is 59.3. The fourth-order valence-corrected chi connectivity index (χ4v) is 8.07. The first-order valence-corrected chi connectivity index (χ1v) is 23.2. The van der Waals surface area contributed by atoms with Crippen LogP contribution in [0.2, 0.25) is 0 Å². The van der Waals surface area contributed by atoms with E-state index in [0.717, 1.165) is 0 Å². The van der Waals surface area contributed by atoms with Crippen molar-refractivity contribution in [2.24, 2.45) is 0 Å². The van der Waals surface area contributed by atoms with E-state index in [4.69, 9.17) is 5.73 Å². The van der Waals surface area contributed by atoms with Gasteiger partial charge in [0.05, 0.1) is 42.0 Å². The zero-order valence-electron chi connectivity index (χ0n) is 40.2. The van der Waals surface area contributed by atoms with Gasteiger partial charge in [-0.1, -0.05) is 0 Å². The Balaban J connectivity index is 0.0000119. The summed E-state index contributed by atoms with van der Waals surface area (Å²) in [5.41, 5.74) is 5.00. The van der Waals surface area contributed by atoms with Crippen molar-refractivity contribution in [1.82, 2.24) is 50.2 Å². The number of aliphatic carboxylic acids is 5. The molecule has 0 radical (unpaired) electrons. The van der Waals surface area contributed by atoms with Gasteiger partial charge in [-0.3, -0.25) is 53.4 Å². The molecule has 2 aromatic carbocycles. The van der Waals surface area contributed by atoms with Gasteiger partial charge in [0.1, 0.15) is 12.1 Å². The van der Waals surface area contributed by atoms with E-state index in [0.29, 0.717) is 11.4 Å². The van der Waals surface area contributed by atoms with Crippen LogP contribution in [0.15, 0.2) is 44.8 Å². The molecule has 9 N–H and O–H groups in total. The summed E-state index contributed by atoms with van der Waals surface area (Å²) in [6, 6.07) is 3.53. The smallest absolute Gasteiger partial charge is 0.549 e. The summed E-state index contributed by atoms with van der Waals surface area (Å²) < 4.78 is 0. The maximum Gasteiger partial charge on any atom is 3.00 e. The molecule has 0 spiro atoms. The molecule has 0 aliphatic carbocycles. The third kappa shape index (κ3) is 18.3. The van der Waals surface area contributed by atoms with Crippen LogP contribution in [0.25, 0.3) is 11.2 Å². The summed E-state index contributed by atoms with van der Waals surface area (Å²) >= 11 is 0. The molecule has 28 nitrogen and oxygen atoms in total. The van der Waals surface area contributed by atoms with Crippen molar-refractivity contribution in [3.05, 3.63) is 78.1 Å². The van der Waals surface area contributed by atoms with Gasteiger partial charge in [0.2, 0.25) is 22.7 Å². The van der Waals surface area contributed by atoms with Crippen molar-refractivity contribution in [2.75, 3.05) is 101 Å². The van der Waals surface area contributed by atoms with Gasteiger partial charge in [0.25, 0.3) is 11.5 Å². The monoisotopic (exact) mass is 1090 g/mol. The number of carbonyl (C=O) groups is 7. The molecular weight excluding hydrogens is 1030 g/mol. The summed E-state index contributed by atoms with van der Waals surface area (Å²) in [5, 5.41) is 65.5. The molecule has 0 bridgehead atoms. The predicted octanol–water partition coefficient (Wildman–Crippen LogP) is -7.05. The van der Waals surface area contributed by atoms with E-state index in [9.17, 15) is 73.5 Å². The van der Waals surface area contributed by atoms with Crippen LogP contribution in [0.4, 0.5) is 17.3 Å². The third-order valence-electron chi connectivity index (χ3n) is 11.9. The summed E-state index contributed by atoms with van der Waals surface area (Å²) in [7, 11) is 0. The summed E-state index contributed by atoms with van der Waals surface area (Å²) in [6.45, 7) is -0.659.